The van der Waals surface area contributed by atoms with E-state index in [4.69, 9.17) is 5.10 Å². The van der Waals surface area contributed by atoms with E-state index >= 15 is 0 Å². The Bertz CT molecular complexity index is 1600. The Balaban J connectivity index is 1.51. The molecule has 0 atom stereocenters. The zero-order chi connectivity index (χ0) is 27.7. The number of nitrogens with one attached hydrogen (secondary N) is 2. The highest BCUT2D eigenvalue weighted by Gasteiger charge is 2.35. The lowest BCUT2D eigenvalue weighted by atomic mass is 10.1. The normalized spacial score (nSPS) is 13.4. The van der Waals surface area contributed by atoms with Gasteiger partial charge in [0.05, 0.1) is 17.1 Å². The monoisotopic (exact) mass is 531 g/mol. The molecule has 198 valence electrons. The predicted octanol–water partition coefficient (Wildman–Crippen LogP) is 6.39. The van der Waals surface area contributed by atoms with Crippen molar-refractivity contribution >= 4 is 23.2 Å². The fraction of sp³-hybridized carbons (Fsp3) is 0.107. The summed E-state index contributed by atoms with van der Waals surface area (Å²) in [6.07, 6.45) is 0.941. The largest absolute Gasteiger partial charge is 0.435 e. The van der Waals surface area contributed by atoms with Gasteiger partial charge in [-0.15, -0.1) is 0 Å². The third-order valence-electron chi connectivity index (χ3n) is 6.12. The minimum Gasteiger partial charge on any atom is -0.351 e. The summed E-state index contributed by atoms with van der Waals surface area (Å²) in [4.78, 5) is 15.1. The van der Waals surface area contributed by atoms with Crippen LogP contribution in [0.2, 0.25) is 0 Å². The first-order chi connectivity index (χ1) is 18.6. The Morgan fingerprint density at radius 2 is 1.54 bits per heavy atom. The summed E-state index contributed by atoms with van der Waals surface area (Å²) in [5.41, 5.74) is 2.76. The van der Waals surface area contributed by atoms with Gasteiger partial charge >= 0.3 is 12.2 Å². The second-order valence-corrected chi connectivity index (χ2v) is 8.83. The lowest BCUT2D eigenvalue weighted by Crippen LogP contribution is -2.23. The number of benzene rings is 2. The molecule has 0 saturated carbocycles. The molecule has 4 aromatic rings. The number of aromatic nitrogens is 4. The highest BCUT2D eigenvalue weighted by atomic mass is 19.4. The molecule has 0 radical (unpaired) electrons. The Morgan fingerprint density at radius 1 is 0.923 bits per heavy atom. The van der Waals surface area contributed by atoms with Crippen molar-refractivity contribution in [3.05, 3.63) is 114 Å². The number of carbonyl (C=O) groups is 1. The van der Waals surface area contributed by atoms with Gasteiger partial charge in [-0.2, -0.15) is 23.4 Å². The third-order valence-corrected chi connectivity index (χ3v) is 6.12. The van der Waals surface area contributed by atoms with Gasteiger partial charge in [-0.1, -0.05) is 43.0 Å². The van der Waals surface area contributed by atoms with Crippen molar-refractivity contribution in [3.63, 3.8) is 0 Å². The van der Waals surface area contributed by atoms with Gasteiger partial charge in [0, 0.05) is 36.1 Å². The minimum absolute atomic E-state index is 0.146. The standard InChI is InChI=1S/C28H24F3N7O/c1-18-16-20(14-15-36(18)3)25-19(2)26(38(35-25)22-12-8-5-9-13-22)33-27(39)32-24-17-23(28(29,30)31)34-37(24)21-10-6-4-7-11-21/h4-17H,1H2,2-3H3,(H2,32,33,39). The number of rotatable bonds is 5. The number of nitrogens with zero attached hydrogens (tertiary/aromatic N) is 5. The highest BCUT2D eigenvalue weighted by Crippen LogP contribution is 2.33. The molecule has 8 nitrogen and oxygen atoms in total. The van der Waals surface area contributed by atoms with Crippen LogP contribution in [0.1, 0.15) is 17.0 Å². The fourth-order valence-electron chi connectivity index (χ4n) is 4.07. The lowest BCUT2D eigenvalue weighted by molar-refractivity contribution is -0.141. The topological polar surface area (TPSA) is 80.0 Å². The van der Waals surface area contributed by atoms with Crippen LogP contribution >= 0.6 is 0 Å². The predicted molar refractivity (Wildman–Crippen MR) is 144 cm³/mol. The van der Waals surface area contributed by atoms with Crippen LogP contribution in [0.15, 0.2) is 97.4 Å². The summed E-state index contributed by atoms with van der Waals surface area (Å²) in [6.45, 7) is 5.84. The van der Waals surface area contributed by atoms with E-state index in [2.05, 4.69) is 22.3 Å². The number of likely N-dealkylation sites (N-methyl/N-ethyl adjacent to an activating group) is 1. The summed E-state index contributed by atoms with van der Waals surface area (Å²) in [6, 6.07) is 17.5. The van der Waals surface area contributed by atoms with Gasteiger partial charge in [0.25, 0.3) is 0 Å². The van der Waals surface area contributed by atoms with Crippen LogP contribution in [-0.4, -0.2) is 37.5 Å². The molecule has 2 amide bonds. The quantitative estimate of drug-likeness (QED) is 0.313. The second kappa shape index (κ2) is 10.0. The van der Waals surface area contributed by atoms with Gasteiger partial charge < -0.3 is 4.90 Å². The molecule has 0 unspecified atom stereocenters. The molecule has 3 heterocycles. The first-order valence-corrected chi connectivity index (χ1v) is 11.9. The molecule has 0 spiro atoms. The van der Waals surface area contributed by atoms with E-state index in [-0.39, 0.29) is 5.82 Å². The highest BCUT2D eigenvalue weighted by molar-refractivity contribution is 6.00. The van der Waals surface area contributed by atoms with Gasteiger partial charge in [0.15, 0.2) is 5.69 Å². The molecule has 2 aromatic heterocycles. The second-order valence-electron chi connectivity index (χ2n) is 8.83. The van der Waals surface area contributed by atoms with Crippen LogP contribution < -0.4 is 10.6 Å². The van der Waals surface area contributed by atoms with E-state index in [0.717, 1.165) is 22.0 Å². The number of amides is 2. The summed E-state index contributed by atoms with van der Waals surface area (Å²) in [5.74, 6) is 0.210. The van der Waals surface area contributed by atoms with Crippen LogP contribution in [0.5, 0.6) is 0 Å². The Kier molecular flexibility index (Phi) is 6.57. The van der Waals surface area contributed by atoms with Gasteiger partial charge in [0.1, 0.15) is 11.6 Å². The molecule has 0 bridgehead atoms. The molecular formula is C28H24F3N7O. The number of carbonyl (C=O) groups excluding carboxylic acids is 1. The zero-order valence-corrected chi connectivity index (χ0v) is 21.1. The lowest BCUT2D eigenvalue weighted by Gasteiger charge is -2.19. The number of halogens is 3. The van der Waals surface area contributed by atoms with Crippen molar-refractivity contribution in [3.8, 4) is 11.4 Å². The first kappa shape index (κ1) is 25.6. The minimum atomic E-state index is -4.69. The van der Waals surface area contributed by atoms with E-state index in [1.807, 2.05) is 67.6 Å². The summed E-state index contributed by atoms with van der Waals surface area (Å²) >= 11 is 0. The molecule has 0 fully saturated rings. The van der Waals surface area contributed by atoms with Gasteiger partial charge in [-0.05, 0) is 43.3 Å². The number of alkyl halides is 3. The average molecular weight is 532 g/mol. The Hall–Kier alpha value is -5.06. The molecule has 5 rings (SSSR count). The van der Waals surface area contributed by atoms with Crippen molar-refractivity contribution in [2.24, 2.45) is 0 Å². The molecule has 11 heteroatoms. The number of hydrogen-bond donors (Lipinski definition) is 2. The van der Waals surface area contributed by atoms with Crippen molar-refractivity contribution in [1.82, 2.24) is 24.5 Å². The molecular weight excluding hydrogens is 507 g/mol. The van der Waals surface area contributed by atoms with Crippen LogP contribution in [-0.2, 0) is 6.18 Å². The molecule has 2 N–H and O–H groups in total. The van der Waals surface area contributed by atoms with Gasteiger partial charge in [-0.25, -0.2) is 14.2 Å². The number of para-hydroxylation sites is 2. The van der Waals surface area contributed by atoms with Gasteiger partial charge in [-0.3, -0.25) is 10.6 Å². The fourth-order valence-corrected chi connectivity index (χ4v) is 4.07. The third kappa shape index (κ3) is 5.19. The SMILES string of the molecule is C=C1C=C(c2nn(-c3ccccc3)c(NC(=O)Nc3cc(C(F)(F)F)nn3-c3ccccc3)c2C)C=CN1C. The van der Waals surface area contributed by atoms with E-state index in [1.54, 1.807) is 35.0 Å². The number of anilines is 2. The molecule has 0 aliphatic carbocycles. The smallest absolute Gasteiger partial charge is 0.351 e. The molecule has 0 saturated heterocycles. The van der Waals surface area contributed by atoms with E-state index < -0.39 is 17.9 Å². The van der Waals surface area contributed by atoms with E-state index in [9.17, 15) is 18.0 Å². The Morgan fingerprint density at radius 3 is 2.13 bits per heavy atom. The Labute approximate surface area is 222 Å². The number of urea groups is 1. The molecule has 1 aliphatic heterocycles. The van der Waals surface area contributed by atoms with Crippen molar-refractivity contribution in [2.45, 2.75) is 13.1 Å². The maximum Gasteiger partial charge on any atom is 0.435 e. The summed E-state index contributed by atoms with van der Waals surface area (Å²) in [5, 5.41) is 13.7. The zero-order valence-electron chi connectivity index (χ0n) is 21.1. The van der Waals surface area contributed by atoms with Crippen molar-refractivity contribution in [1.29, 1.82) is 0 Å². The maximum absolute atomic E-state index is 13.5. The van der Waals surface area contributed by atoms with Crippen LogP contribution in [0, 0.1) is 6.92 Å². The number of allylic oxidation sites excluding steroid dienone is 3. The number of hydrogen-bond acceptors (Lipinski definition) is 4. The summed E-state index contributed by atoms with van der Waals surface area (Å²) in [7, 11) is 1.88. The maximum atomic E-state index is 13.5. The van der Waals surface area contributed by atoms with Gasteiger partial charge in [0.2, 0.25) is 0 Å². The van der Waals surface area contributed by atoms with E-state index in [0.29, 0.717) is 28.5 Å². The van der Waals surface area contributed by atoms with Crippen LogP contribution in [0.3, 0.4) is 0 Å². The van der Waals surface area contributed by atoms with E-state index in [1.165, 1.54) is 0 Å². The average Bonchev–Trinajstić information content (AvgIpc) is 3.48. The summed E-state index contributed by atoms with van der Waals surface area (Å²) < 4.78 is 43.0. The van der Waals surface area contributed by atoms with Crippen molar-refractivity contribution < 1.29 is 18.0 Å². The first-order valence-electron chi connectivity index (χ1n) is 11.9. The van der Waals surface area contributed by atoms with Crippen molar-refractivity contribution in [2.75, 3.05) is 17.7 Å². The van der Waals surface area contributed by atoms with Crippen LogP contribution in [0.25, 0.3) is 16.9 Å². The van der Waals surface area contributed by atoms with Crippen LogP contribution in [0.4, 0.5) is 29.6 Å². The molecule has 1 aliphatic rings. The molecule has 39 heavy (non-hydrogen) atoms. The molecule has 2 aromatic carbocycles.